The number of hydrogen-bond donors (Lipinski definition) is 0. The van der Waals surface area contributed by atoms with Crippen molar-refractivity contribution in [3.8, 4) is 45.8 Å². The van der Waals surface area contributed by atoms with Gasteiger partial charge in [0.2, 0.25) is 5.69 Å². The molecule has 0 radical (unpaired) electrons. The van der Waals surface area contributed by atoms with Crippen LogP contribution in [-0.2, 0) is 0 Å². The summed E-state index contributed by atoms with van der Waals surface area (Å²) in [4.78, 5) is 3.87. The Morgan fingerprint density at radius 3 is 1.88 bits per heavy atom. The Kier molecular flexibility index (Phi) is 6.56. The molecule has 0 N–H and O–H groups in total. The molecule has 0 spiro atoms. The Hall–Kier alpha value is -7.39. The Balaban J connectivity index is 1.16. The van der Waals surface area contributed by atoms with Gasteiger partial charge in [0.05, 0.1) is 57.6 Å². The van der Waals surface area contributed by atoms with Gasteiger partial charge in [0, 0.05) is 27.4 Å². The van der Waals surface area contributed by atoms with Crippen LogP contribution in [0.15, 0.2) is 152 Å². The minimum Gasteiger partial charge on any atom is -0.318 e. The van der Waals surface area contributed by atoms with E-state index in [2.05, 4.69) is 105 Å². The monoisotopic (exact) mass is 635 g/mol. The molecule has 0 saturated carbocycles. The maximum Gasteiger partial charge on any atom is 0.211 e. The smallest absolute Gasteiger partial charge is 0.211 e. The van der Waals surface area contributed by atoms with Gasteiger partial charge >= 0.3 is 0 Å². The van der Waals surface area contributed by atoms with Gasteiger partial charge < -0.3 is 9.13 Å². The molecule has 50 heavy (non-hydrogen) atoms. The van der Waals surface area contributed by atoms with E-state index >= 15 is 0 Å². The molecule has 0 saturated heterocycles. The van der Waals surface area contributed by atoms with Crippen molar-refractivity contribution in [1.82, 2.24) is 9.13 Å². The lowest BCUT2D eigenvalue weighted by Gasteiger charge is -2.16. The number of nitriles is 2. The van der Waals surface area contributed by atoms with Crippen LogP contribution in [0.3, 0.4) is 0 Å². The molecule has 7 aromatic carbocycles. The minimum absolute atomic E-state index is 0.532. The first-order valence-corrected chi connectivity index (χ1v) is 16.3. The molecule has 0 fully saturated rings. The third-order valence-electron chi connectivity index (χ3n) is 9.63. The van der Waals surface area contributed by atoms with Gasteiger partial charge in [0.15, 0.2) is 0 Å². The molecule has 0 aliphatic carbocycles. The zero-order chi connectivity index (χ0) is 33.8. The number of nitrogens with zero attached hydrogens (tertiary/aromatic N) is 5. The van der Waals surface area contributed by atoms with Gasteiger partial charge in [0.25, 0.3) is 0 Å². The lowest BCUT2D eigenvalue weighted by atomic mass is 9.94. The van der Waals surface area contributed by atoms with Crippen molar-refractivity contribution in [2.75, 3.05) is 0 Å². The standard InChI is InChI=1S/C45H25N5/c1-48-40-13-8-12-38-39-25-29(27-46)17-24-44(39)50(45(38)40)41-14-5-2-9-35(41)31-20-23-34(32(26-31)28-47)30-18-21-33(22-19-30)49-42-15-6-3-10-36(42)37-11-4-7-16-43(37)49/h2-26H. The average molecular weight is 636 g/mol. The summed E-state index contributed by atoms with van der Waals surface area (Å²) in [5.41, 5.74) is 11.3. The third-order valence-corrected chi connectivity index (χ3v) is 9.63. The van der Waals surface area contributed by atoms with Crippen LogP contribution < -0.4 is 0 Å². The Morgan fingerprint density at radius 1 is 0.500 bits per heavy atom. The predicted octanol–water partition coefficient (Wildman–Crippen LogP) is 11.5. The van der Waals surface area contributed by atoms with Gasteiger partial charge in [-0.05, 0) is 76.7 Å². The van der Waals surface area contributed by atoms with E-state index in [1.54, 1.807) is 0 Å². The maximum absolute atomic E-state index is 10.4. The van der Waals surface area contributed by atoms with E-state index in [9.17, 15) is 10.5 Å². The topological polar surface area (TPSA) is 61.8 Å². The second-order valence-corrected chi connectivity index (χ2v) is 12.3. The number of aromatic nitrogens is 2. The quantitative estimate of drug-likeness (QED) is 0.181. The molecule has 5 nitrogen and oxygen atoms in total. The van der Waals surface area contributed by atoms with Gasteiger partial charge in [-0.2, -0.15) is 10.5 Å². The first-order valence-electron chi connectivity index (χ1n) is 16.3. The molecular weight excluding hydrogens is 611 g/mol. The predicted molar refractivity (Wildman–Crippen MR) is 202 cm³/mol. The summed E-state index contributed by atoms with van der Waals surface area (Å²) in [6, 6.07) is 55.5. The fourth-order valence-electron chi connectivity index (χ4n) is 7.42. The minimum atomic E-state index is 0.532. The zero-order valence-electron chi connectivity index (χ0n) is 26.7. The summed E-state index contributed by atoms with van der Waals surface area (Å²) < 4.78 is 4.40. The van der Waals surface area contributed by atoms with Crippen LogP contribution in [0.25, 0.3) is 82.1 Å². The maximum atomic E-state index is 10.4. The van der Waals surface area contributed by atoms with Crippen LogP contribution >= 0.6 is 0 Å². The largest absolute Gasteiger partial charge is 0.318 e. The molecule has 0 aliphatic heterocycles. The molecule has 230 valence electrons. The van der Waals surface area contributed by atoms with E-state index < -0.39 is 0 Å². The van der Waals surface area contributed by atoms with Gasteiger partial charge in [-0.3, -0.25) is 0 Å². The molecule has 0 bridgehead atoms. The van der Waals surface area contributed by atoms with E-state index in [-0.39, 0.29) is 0 Å². The summed E-state index contributed by atoms with van der Waals surface area (Å²) in [5.74, 6) is 0. The fourth-order valence-corrected chi connectivity index (χ4v) is 7.42. The van der Waals surface area contributed by atoms with Crippen LogP contribution in [-0.4, -0.2) is 9.13 Å². The Bertz CT molecular complexity index is 2900. The zero-order valence-corrected chi connectivity index (χ0v) is 26.7. The summed E-state index contributed by atoms with van der Waals surface area (Å²) >= 11 is 0. The van der Waals surface area contributed by atoms with E-state index in [1.165, 1.54) is 10.8 Å². The summed E-state index contributed by atoms with van der Waals surface area (Å²) in [5, 5.41) is 24.3. The first kappa shape index (κ1) is 28.8. The Labute approximate surface area is 288 Å². The number of fused-ring (bicyclic) bond motifs is 6. The third kappa shape index (κ3) is 4.31. The highest BCUT2D eigenvalue weighted by Crippen LogP contribution is 2.41. The molecule has 0 atom stereocenters. The normalized spacial score (nSPS) is 11.1. The summed E-state index contributed by atoms with van der Waals surface area (Å²) in [7, 11) is 0. The highest BCUT2D eigenvalue weighted by molar-refractivity contribution is 6.14. The lowest BCUT2D eigenvalue weighted by Crippen LogP contribution is -1.98. The number of hydrogen-bond acceptors (Lipinski definition) is 2. The van der Waals surface area contributed by atoms with Gasteiger partial charge in [-0.25, -0.2) is 4.85 Å². The van der Waals surface area contributed by atoms with E-state index in [0.717, 1.165) is 66.5 Å². The van der Waals surface area contributed by atoms with E-state index in [4.69, 9.17) is 6.57 Å². The number of para-hydroxylation sites is 4. The van der Waals surface area contributed by atoms with Crippen LogP contribution in [0.5, 0.6) is 0 Å². The van der Waals surface area contributed by atoms with Crippen molar-refractivity contribution >= 4 is 49.3 Å². The second kappa shape index (κ2) is 11.4. The van der Waals surface area contributed by atoms with Crippen LogP contribution in [0.2, 0.25) is 0 Å². The van der Waals surface area contributed by atoms with Crippen molar-refractivity contribution in [3.05, 3.63) is 174 Å². The van der Waals surface area contributed by atoms with Gasteiger partial charge in [0.1, 0.15) is 0 Å². The van der Waals surface area contributed by atoms with Crippen LogP contribution in [0, 0.1) is 29.2 Å². The number of rotatable bonds is 4. The molecule has 0 aliphatic rings. The molecule has 0 unspecified atom stereocenters. The molecule has 9 aromatic rings. The molecule has 9 rings (SSSR count). The Morgan fingerprint density at radius 2 is 1.16 bits per heavy atom. The van der Waals surface area contributed by atoms with Gasteiger partial charge in [-0.15, -0.1) is 0 Å². The fraction of sp³-hybridized carbons (Fsp3) is 0. The molecule has 2 heterocycles. The van der Waals surface area contributed by atoms with Crippen LogP contribution in [0.1, 0.15) is 11.1 Å². The van der Waals surface area contributed by atoms with Crippen molar-refractivity contribution in [3.63, 3.8) is 0 Å². The van der Waals surface area contributed by atoms with Crippen LogP contribution in [0.4, 0.5) is 5.69 Å². The SMILES string of the molecule is [C-]#[N+]c1cccc2c3cc(C#N)ccc3n(-c3ccccc3-c3ccc(-c4ccc(-n5c6ccccc6c6ccccc65)cc4)c(C#N)c3)c12. The van der Waals surface area contributed by atoms with Crippen molar-refractivity contribution in [1.29, 1.82) is 10.5 Å². The highest BCUT2D eigenvalue weighted by atomic mass is 15.0. The lowest BCUT2D eigenvalue weighted by molar-refractivity contribution is 1.18. The van der Waals surface area contributed by atoms with Gasteiger partial charge in [-0.1, -0.05) is 97.1 Å². The molecular formula is C45H25N5. The molecule has 0 amide bonds. The summed E-state index contributed by atoms with van der Waals surface area (Å²) in [6.07, 6.45) is 0. The van der Waals surface area contributed by atoms with Crippen molar-refractivity contribution in [2.45, 2.75) is 0 Å². The molecule has 2 aromatic heterocycles. The molecule has 5 heteroatoms. The van der Waals surface area contributed by atoms with Crippen molar-refractivity contribution < 1.29 is 0 Å². The summed E-state index contributed by atoms with van der Waals surface area (Å²) in [6.45, 7) is 7.96. The van der Waals surface area contributed by atoms with Crippen molar-refractivity contribution in [2.24, 2.45) is 0 Å². The highest BCUT2D eigenvalue weighted by Gasteiger charge is 2.19. The second-order valence-electron chi connectivity index (χ2n) is 12.3. The number of benzene rings is 7. The van der Waals surface area contributed by atoms with E-state index in [0.29, 0.717) is 16.8 Å². The first-order chi connectivity index (χ1) is 24.7. The average Bonchev–Trinajstić information content (AvgIpc) is 3.70. The van der Waals surface area contributed by atoms with E-state index in [1.807, 2.05) is 72.8 Å².